The SMILES string of the molecule is Cc1ccc(C(Br)c2ccc(C)c(F)c2)cc1. The van der Waals surface area contributed by atoms with Crippen LogP contribution in [0.2, 0.25) is 0 Å². The van der Waals surface area contributed by atoms with Gasteiger partial charge in [-0.3, -0.25) is 0 Å². The Morgan fingerprint density at radius 3 is 2.12 bits per heavy atom. The molecule has 2 aromatic rings. The zero-order valence-electron chi connectivity index (χ0n) is 9.87. The minimum absolute atomic E-state index is 0.0400. The molecule has 0 radical (unpaired) electrons. The third-order valence-electron chi connectivity index (χ3n) is 2.86. The Labute approximate surface area is 110 Å². The molecular formula is C15H14BrF. The Kier molecular flexibility index (Phi) is 3.63. The van der Waals surface area contributed by atoms with E-state index in [9.17, 15) is 4.39 Å². The fourth-order valence-electron chi connectivity index (χ4n) is 1.69. The summed E-state index contributed by atoms with van der Waals surface area (Å²) in [6, 6.07) is 13.6. The first-order chi connectivity index (χ1) is 8.08. The van der Waals surface area contributed by atoms with E-state index in [1.165, 1.54) is 5.56 Å². The maximum Gasteiger partial charge on any atom is 0.126 e. The molecule has 0 aliphatic heterocycles. The van der Waals surface area contributed by atoms with E-state index in [-0.39, 0.29) is 10.6 Å². The molecule has 0 aliphatic rings. The van der Waals surface area contributed by atoms with Gasteiger partial charge in [-0.1, -0.05) is 57.9 Å². The van der Waals surface area contributed by atoms with Crippen LogP contribution in [0, 0.1) is 19.7 Å². The molecule has 1 atom stereocenters. The first kappa shape index (κ1) is 12.3. The van der Waals surface area contributed by atoms with E-state index in [1.54, 1.807) is 13.0 Å². The highest BCUT2D eigenvalue weighted by atomic mass is 79.9. The first-order valence-corrected chi connectivity index (χ1v) is 6.46. The van der Waals surface area contributed by atoms with Crippen LogP contribution >= 0.6 is 15.9 Å². The molecular weight excluding hydrogens is 279 g/mol. The zero-order valence-corrected chi connectivity index (χ0v) is 11.5. The van der Waals surface area contributed by atoms with Gasteiger partial charge in [0.2, 0.25) is 0 Å². The predicted octanol–water partition coefficient (Wildman–Crippen LogP) is 4.93. The van der Waals surface area contributed by atoms with Gasteiger partial charge in [0.05, 0.1) is 4.83 Å². The van der Waals surface area contributed by atoms with Crippen molar-refractivity contribution in [3.05, 3.63) is 70.5 Å². The van der Waals surface area contributed by atoms with Crippen LogP contribution in [-0.4, -0.2) is 0 Å². The van der Waals surface area contributed by atoms with Crippen LogP contribution in [0.15, 0.2) is 42.5 Å². The number of rotatable bonds is 2. The highest BCUT2D eigenvalue weighted by Crippen LogP contribution is 2.31. The molecule has 0 aromatic heterocycles. The van der Waals surface area contributed by atoms with E-state index in [4.69, 9.17) is 0 Å². The quantitative estimate of drug-likeness (QED) is 0.689. The molecule has 0 bridgehead atoms. The molecule has 0 nitrogen and oxygen atoms in total. The number of alkyl halides is 1. The summed E-state index contributed by atoms with van der Waals surface area (Å²) in [6.45, 7) is 3.83. The topological polar surface area (TPSA) is 0 Å². The Hall–Kier alpha value is -1.15. The van der Waals surface area contributed by atoms with Crippen molar-refractivity contribution in [2.75, 3.05) is 0 Å². The van der Waals surface area contributed by atoms with Crippen LogP contribution in [0.25, 0.3) is 0 Å². The lowest BCUT2D eigenvalue weighted by atomic mass is 10.0. The summed E-state index contributed by atoms with van der Waals surface area (Å²) in [7, 11) is 0. The summed E-state index contributed by atoms with van der Waals surface area (Å²) >= 11 is 3.61. The smallest absolute Gasteiger partial charge is 0.126 e. The monoisotopic (exact) mass is 292 g/mol. The maximum atomic E-state index is 13.5. The summed E-state index contributed by atoms with van der Waals surface area (Å²) in [4.78, 5) is 0.0400. The molecule has 2 heteroatoms. The highest BCUT2D eigenvalue weighted by molar-refractivity contribution is 9.09. The van der Waals surface area contributed by atoms with Crippen LogP contribution in [0.5, 0.6) is 0 Å². The number of aryl methyl sites for hydroxylation is 2. The summed E-state index contributed by atoms with van der Waals surface area (Å²) < 4.78 is 13.5. The van der Waals surface area contributed by atoms with E-state index >= 15 is 0 Å². The molecule has 0 heterocycles. The molecule has 2 aromatic carbocycles. The minimum Gasteiger partial charge on any atom is -0.207 e. The van der Waals surface area contributed by atoms with Crippen LogP contribution in [0.3, 0.4) is 0 Å². The van der Waals surface area contributed by atoms with Crippen molar-refractivity contribution in [1.29, 1.82) is 0 Å². The lowest BCUT2D eigenvalue weighted by Gasteiger charge is -2.11. The van der Waals surface area contributed by atoms with E-state index in [1.807, 2.05) is 12.1 Å². The largest absolute Gasteiger partial charge is 0.207 e. The Morgan fingerprint density at radius 2 is 1.53 bits per heavy atom. The van der Waals surface area contributed by atoms with Crippen molar-refractivity contribution in [3.63, 3.8) is 0 Å². The summed E-state index contributed by atoms with van der Waals surface area (Å²) in [6.07, 6.45) is 0. The number of hydrogen-bond donors (Lipinski definition) is 0. The normalized spacial score (nSPS) is 12.5. The van der Waals surface area contributed by atoms with Crippen LogP contribution < -0.4 is 0 Å². The number of halogens is 2. The van der Waals surface area contributed by atoms with Gasteiger partial charge in [0.15, 0.2) is 0 Å². The van der Waals surface area contributed by atoms with Gasteiger partial charge in [-0.25, -0.2) is 4.39 Å². The van der Waals surface area contributed by atoms with Crippen molar-refractivity contribution in [2.45, 2.75) is 18.7 Å². The van der Waals surface area contributed by atoms with Crippen molar-refractivity contribution in [3.8, 4) is 0 Å². The van der Waals surface area contributed by atoms with E-state index in [0.717, 1.165) is 11.1 Å². The van der Waals surface area contributed by atoms with Gasteiger partial charge in [-0.15, -0.1) is 0 Å². The van der Waals surface area contributed by atoms with Crippen LogP contribution in [0.4, 0.5) is 4.39 Å². The predicted molar refractivity (Wildman–Crippen MR) is 73.1 cm³/mol. The number of hydrogen-bond acceptors (Lipinski definition) is 0. The third-order valence-corrected chi connectivity index (χ3v) is 3.92. The summed E-state index contributed by atoms with van der Waals surface area (Å²) in [5, 5.41) is 0. The lowest BCUT2D eigenvalue weighted by molar-refractivity contribution is 0.616. The zero-order chi connectivity index (χ0) is 12.4. The fraction of sp³-hybridized carbons (Fsp3) is 0.200. The van der Waals surface area contributed by atoms with Gasteiger partial charge < -0.3 is 0 Å². The Morgan fingerprint density at radius 1 is 0.941 bits per heavy atom. The molecule has 0 N–H and O–H groups in total. The molecule has 0 fully saturated rings. The van der Waals surface area contributed by atoms with E-state index < -0.39 is 0 Å². The van der Waals surface area contributed by atoms with Gasteiger partial charge in [0, 0.05) is 0 Å². The second-order valence-electron chi connectivity index (χ2n) is 4.28. The molecule has 88 valence electrons. The lowest BCUT2D eigenvalue weighted by Crippen LogP contribution is -1.94. The van der Waals surface area contributed by atoms with Gasteiger partial charge >= 0.3 is 0 Å². The number of benzene rings is 2. The Balaban J connectivity index is 2.33. The Bertz CT molecular complexity index is 517. The average Bonchev–Trinajstić information content (AvgIpc) is 2.33. The van der Waals surface area contributed by atoms with Crippen LogP contribution in [0.1, 0.15) is 27.1 Å². The average molecular weight is 293 g/mol. The van der Waals surface area contributed by atoms with Gasteiger partial charge in [0.1, 0.15) is 5.82 Å². The standard InChI is InChI=1S/C15H14BrF/c1-10-3-6-12(7-4-10)15(16)13-8-5-11(2)14(17)9-13/h3-9,15H,1-2H3. The van der Waals surface area contributed by atoms with E-state index in [0.29, 0.717) is 5.56 Å². The van der Waals surface area contributed by atoms with Crippen LogP contribution in [-0.2, 0) is 0 Å². The van der Waals surface area contributed by atoms with Gasteiger partial charge in [0.25, 0.3) is 0 Å². The molecule has 0 saturated carbocycles. The van der Waals surface area contributed by atoms with Crippen molar-refractivity contribution < 1.29 is 4.39 Å². The molecule has 2 rings (SSSR count). The maximum absolute atomic E-state index is 13.5. The molecule has 0 amide bonds. The summed E-state index contributed by atoms with van der Waals surface area (Å²) in [5.74, 6) is -0.154. The minimum atomic E-state index is -0.154. The van der Waals surface area contributed by atoms with E-state index in [2.05, 4.69) is 47.1 Å². The second kappa shape index (κ2) is 5.01. The van der Waals surface area contributed by atoms with Crippen molar-refractivity contribution in [2.24, 2.45) is 0 Å². The van der Waals surface area contributed by atoms with Gasteiger partial charge in [-0.2, -0.15) is 0 Å². The second-order valence-corrected chi connectivity index (χ2v) is 5.20. The first-order valence-electron chi connectivity index (χ1n) is 5.54. The summed E-state index contributed by atoms with van der Waals surface area (Å²) in [5.41, 5.74) is 3.98. The highest BCUT2D eigenvalue weighted by Gasteiger charge is 2.11. The molecule has 17 heavy (non-hydrogen) atoms. The third kappa shape index (κ3) is 2.75. The molecule has 0 saturated heterocycles. The molecule has 1 unspecified atom stereocenters. The molecule has 0 spiro atoms. The van der Waals surface area contributed by atoms with Crippen molar-refractivity contribution >= 4 is 15.9 Å². The van der Waals surface area contributed by atoms with Crippen molar-refractivity contribution in [1.82, 2.24) is 0 Å². The fourth-order valence-corrected chi connectivity index (χ4v) is 2.28. The molecule has 0 aliphatic carbocycles. The van der Waals surface area contributed by atoms with Gasteiger partial charge in [-0.05, 0) is 36.6 Å².